The van der Waals surface area contributed by atoms with Crippen LogP contribution < -0.4 is 14.8 Å². The fourth-order valence-corrected chi connectivity index (χ4v) is 3.18. The van der Waals surface area contributed by atoms with Crippen molar-refractivity contribution in [1.29, 1.82) is 0 Å². The molecule has 1 aromatic carbocycles. The van der Waals surface area contributed by atoms with Crippen LogP contribution in [0.5, 0.6) is 11.5 Å². The summed E-state index contributed by atoms with van der Waals surface area (Å²) in [7, 11) is 3.12. The Kier molecular flexibility index (Phi) is 8.68. The molecule has 27 heavy (non-hydrogen) atoms. The van der Waals surface area contributed by atoms with E-state index in [-0.39, 0.29) is 18.6 Å². The third-order valence-electron chi connectivity index (χ3n) is 4.65. The molecule has 1 N–H and O–H groups in total. The Labute approximate surface area is 160 Å². The Hall–Kier alpha value is -2.50. The molecule has 2 rings (SSSR count). The zero-order valence-electron chi connectivity index (χ0n) is 16.2. The van der Waals surface area contributed by atoms with E-state index >= 15 is 0 Å². The lowest BCUT2D eigenvalue weighted by Gasteiger charge is -2.20. The first-order valence-corrected chi connectivity index (χ1v) is 9.48. The van der Waals surface area contributed by atoms with Gasteiger partial charge in [0.05, 0.1) is 14.2 Å². The summed E-state index contributed by atoms with van der Waals surface area (Å²) in [4.78, 5) is 23.9. The van der Waals surface area contributed by atoms with Crippen molar-refractivity contribution in [1.82, 2.24) is 5.32 Å². The van der Waals surface area contributed by atoms with Gasteiger partial charge in [0.15, 0.2) is 6.61 Å². The van der Waals surface area contributed by atoms with Gasteiger partial charge in [-0.2, -0.15) is 0 Å². The number of benzene rings is 1. The molecule has 6 heteroatoms. The van der Waals surface area contributed by atoms with Crippen molar-refractivity contribution in [3.63, 3.8) is 0 Å². The van der Waals surface area contributed by atoms with Gasteiger partial charge < -0.3 is 19.5 Å². The van der Waals surface area contributed by atoms with Gasteiger partial charge in [-0.1, -0.05) is 32.1 Å². The van der Waals surface area contributed by atoms with E-state index in [9.17, 15) is 9.59 Å². The number of nitrogens with one attached hydrogen (secondary N) is 1. The normalized spacial score (nSPS) is 15.6. The van der Waals surface area contributed by atoms with E-state index in [0.717, 1.165) is 25.7 Å². The molecule has 6 nitrogen and oxygen atoms in total. The van der Waals surface area contributed by atoms with Crippen LogP contribution in [-0.2, 0) is 14.3 Å². The van der Waals surface area contributed by atoms with Crippen LogP contribution in [0.1, 0.15) is 50.5 Å². The number of esters is 1. The van der Waals surface area contributed by atoms with Crippen LogP contribution >= 0.6 is 0 Å². The first kappa shape index (κ1) is 20.8. The van der Waals surface area contributed by atoms with Gasteiger partial charge in [-0.3, -0.25) is 4.79 Å². The predicted molar refractivity (Wildman–Crippen MR) is 104 cm³/mol. The molecule has 1 saturated carbocycles. The highest BCUT2D eigenvalue weighted by molar-refractivity contribution is 5.89. The Balaban J connectivity index is 1.81. The molecule has 0 heterocycles. The topological polar surface area (TPSA) is 73.9 Å². The molecule has 1 aliphatic carbocycles. The Morgan fingerprint density at radius 3 is 2.44 bits per heavy atom. The zero-order valence-corrected chi connectivity index (χ0v) is 16.2. The summed E-state index contributed by atoms with van der Waals surface area (Å²) < 4.78 is 15.5. The number of methoxy groups -OCH3 is 2. The summed E-state index contributed by atoms with van der Waals surface area (Å²) in [6.45, 7) is -0.269. The summed E-state index contributed by atoms with van der Waals surface area (Å²) in [5, 5.41) is 2.97. The molecule has 0 atom stereocenters. The molecule has 0 radical (unpaired) electrons. The average Bonchev–Trinajstić information content (AvgIpc) is 2.66. The van der Waals surface area contributed by atoms with Gasteiger partial charge in [0.25, 0.3) is 5.91 Å². The summed E-state index contributed by atoms with van der Waals surface area (Å²) in [5.41, 5.74) is 0.688. The van der Waals surface area contributed by atoms with Crippen molar-refractivity contribution in [2.45, 2.75) is 51.0 Å². The van der Waals surface area contributed by atoms with Gasteiger partial charge in [-0.15, -0.1) is 0 Å². The highest BCUT2D eigenvalue weighted by Gasteiger charge is 2.14. The minimum atomic E-state index is -0.576. The summed E-state index contributed by atoms with van der Waals surface area (Å²) >= 11 is 0. The summed E-state index contributed by atoms with van der Waals surface area (Å²) in [6.07, 6.45) is 10.8. The van der Waals surface area contributed by atoms with Crippen LogP contribution in [0.3, 0.4) is 0 Å². The van der Waals surface area contributed by atoms with E-state index in [1.54, 1.807) is 38.5 Å². The van der Waals surface area contributed by atoms with Crippen LogP contribution in [-0.4, -0.2) is 38.7 Å². The highest BCUT2D eigenvalue weighted by Crippen LogP contribution is 2.25. The van der Waals surface area contributed by atoms with E-state index in [1.807, 2.05) is 0 Å². The van der Waals surface area contributed by atoms with Crippen LogP contribution in [0.25, 0.3) is 6.08 Å². The maximum absolute atomic E-state index is 12.0. The molecule has 0 aliphatic heterocycles. The molecule has 0 spiro atoms. The van der Waals surface area contributed by atoms with Gasteiger partial charge in [0.2, 0.25) is 0 Å². The molecule has 0 bridgehead atoms. The number of amides is 1. The Bertz CT molecular complexity index is 648. The molecular weight excluding hydrogens is 346 g/mol. The third kappa shape index (κ3) is 7.33. The van der Waals surface area contributed by atoms with Crippen molar-refractivity contribution in [3.8, 4) is 11.5 Å². The van der Waals surface area contributed by atoms with Crippen molar-refractivity contribution < 1.29 is 23.8 Å². The molecule has 1 amide bonds. The SMILES string of the molecule is COc1ccc(OC)c(/C=C/C(=O)OCC(=O)NC2CCCCCCC2)c1. The Morgan fingerprint density at radius 1 is 1.07 bits per heavy atom. The minimum absolute atomic E-state index is 0.188. The van der Waals surface area contributed by atoms with Crippen molar-refractivity contribution >= 4 is 18.0 Å². The largest absolute Gasteiger partial charge is 0.497 e. The average molecular weight is 375 g/mol. The van der Waals surface area contributed by atoms with Crippen LogP contribution in [0.15, 0.2) is 24.3 Å². The molecule has 0 saturated heterocycles. The van der Waals surface area contributed by atoms with Gasteiger partial charge >= 0.3 is 5.97 Å². The maximum atomic E-state index is 12.0. The van der Waals surface area contributed by atoms with Crippen LogP contribution in [0.2, 0.25) is 0 Å². The second kappa shape index (κ2) is 11.3. The quantitative estimate of drug-likeness (QED) is 0.583. The number of rotatable bonds is 7. The summed E-state index contributed by atoms with van der Waals surface area (Å²) in [6, 6.07) is 5.47. The van der Waals surface area contributed by atoms with E-state index in [4.69, 9.17) is 14.2 Å². The van der Waals surface area contributed by atoms with Crippen molar-refractivity contribution in [3.05, 3.63) is 29.8 Å². The number of hydrogen-bond acceptors (Lipinski definition) is 5. The summed E-state index contributed by atoms with van der Waals surface area (Å²) in [5.74, 6) is 0.443. The number of ether oxygens (including phenoxy) is 3. The van der Waals surface area contributed by atoms with E-state index < -0.39 is 5.97 Å². The second-order valence-electron chi connectivity index (χ2n) is 6.66. The minimum Gasteiger partial charge on any atom is -0.497 e. The molecule has 0 aromatic heterocycles. The smallest absolute Gasteiger partial charge is 0.331 e. The van der Waals surface area contributed by atoms with Crippen molar-refractivity contribution in [2.75, 3.05) is 20.8 Å². The monoisotopic (exact) mass is 375 g/mol. The predicted octanol–water partition coefficient (Wildman–Crippen LogP) is 3.49. The second-order valence-corrected chi connectivity index (χ2v) is 6.66. The lowest BCUT2D eigenvalue weighted by atomic mass is 9.97. The lowest BCUT2D eigenvalue weighted by molar-refractivity contribution is -0.144. The maximum Gasteiger partial charge on any atom is 0.331 e. The fourth-order valence-electron chi connectivity index (χ4n) is 3.18. The number of hydrogen-bond donors (Lipinski definition) is 1. The molecule has 0 unspecified atom stereocenters. The van der Waals surface area contributed by atoms with Gasteiger partial charge in [-0.05, 0) is 37.1 Å². The number of carbonyl (C=O) groups is 2. The van der Waals surface area contributed by atoms with E-state index in [2.05, 4.69) is 5.32 Å². The van der Waals surface area contributed by atoms with Crippen molar-refractivity contribution in [2.24, 2.45) is 0 Å². The fraction of sp³-hybridized carbons (Fsp3) is 0.524. The molecule has 148 valence electrons. The number of carbonyl (C=O) groups excluding carboxylic acids is 2. The first-order valence-electron chi connectivity index (χ1n) is 9.48. The van der Waals surface area contributed by atoms with Crippen LogP contribution in [0.4, 0.5) is 0 Å². The van der Waals surface area contributed by atoms with Gasteiger partial charge in [0.1, 0.15) is 11.5 Å². The molecule has 1 fully saturated rings. The molecule has 1 aliphatic rings. The van der Waals surface area contributed by atoms with Crippen LogP contribution in [0, 0.1) is 0 Å². The standard InChI is InChI=1S/C21H29NO5/c1-25-18-11-12-19(26-2)16(14-18)10-13-21(24)27-15-20(23)22-17-8-6-4-3-5-7-9-17/h10-14,17H,3-9,15H2,1-2H3,(H,22,23)/b13-10+. The van der Waals surface area contributed by atoms with E-state index in [0.29, 0.717) is 17.1 Å². The third-order valence-corrected chi connectivity index (χ3v) is 4.65. The zero-order chi connectivity index (χ0) is 19.5. The van der Waals surface area contributed by atoms with E-state index in [1.165, 1.54) is 25.3 Å². The van der Waals surface area contributed by atoms with Gasteiger partial charge in [-0.25, -0.2) is 4.79 Å². The van der Waals surface area contributed by atoms with Gasteiger partial charge in [0, 0.05) is 17.7 Å². The molecular formula is C21H29NO5. The Morgan fingerprint density at radius 2 is 1.78 bits per heavy atom. The lowest BCUT2D eigenvalue weighted by Crippen LogP contribution is -2.37. The first-order chi connectivity index (χ1) is 13.1. The molecule has 1 aromatic rings. The highest BCUT2D eigenvalue weighted by atomic mass is 16.5.